The maximum absolute atomic E-state index is 5.33. The summed E-state index contributed by atoms with van der Waals surface area (Å²) in [5.41, 5.74) is 0. The Morgan fingerprint density at radius 1 is 1.38 bits per heavy atom. The van der Waals surface area contributed by atoms with E-state index in [0.29, 0.717) is 6.04 Å². The van der Waals surface area contributed by atoms with E-state index in [1.54, 1.807) is 0 Å². The van der Waals surface area contributed by atoms with Crippen molar-refractivity contribution in [3.8, 4) is 0 Å². The van der Waals surface area contributed by atoms with Gasteiger partial charge in [-0.2, -0.15) is 5.10 Å². The first-order chi connectivity index (χ1) is 7.83. The van der Waals surface area contributed by atoms with Gasteiger partial charge < -0.3 is 4.57 Å². The molecule has 1 saturated carbocycles. The number of H-pyrrole nitrogens is 1. The highest BCUT2D eigenvalue weighted by Crippen LogP contribution is 2.30. The summed E-state index contributed by atoms with van der Waals surface area (Å²) in [6.45, 7) is 2.23. The van der Waals surface area contributed by atoms with Gasteiger partial charge in [0.25, 0.3) is 0 Å². The molecule has 16 heavy (non-hydrogen) atoms. The summed E-state index contributed by atoms with van der Waals surface area (Å²) in [6.07, 6.45) is 10.1. The molecule has 1 aromatic rings. The van der Waals surface area contributed by atoms with Crippen LogP contribution in [0.15, 0.2) is 0 Å². The average molecular weight is 239 g/mol. The maximum atomic E-state index is 5.33. The van der Waals surface area contributed by atoms with Gasteiger partial charge in [0.05, 0.1) is 0 Å². The van der Waals surface area contributed by atoms with Gasteiger partial charge in [0.15, 0.2) is 4.77 Å². The minimum atomic E-state index is 0.614. The Morgan fingerprint density at radius 3 is 2.81 bits per heavy atom. The average Bonchev–Trinajstić information content (AvgIpc) is 2.88. The molecule has 1 fully saturated rings. The molecule has 0 aliphatic heterocycles. The van der Waals surface area contributed by atoms with E-state index in [1.165, 1.54) is 50.8 Å². The first-order valence-electron chi connectivity index (χ1n) is 6.48. The molecule has 0 atom stereocenters. The SMILES string of the molecule is CCCCCc1n[nH]c(=S)n1C1CCCC1. The highest BCUT2D eigenvalue weighted by atomic mass is 32.1. The molecule has 3 nitrogen and oxygen atoms in total. The second kappa shape index (κ2) is 5.62. The smallest absolute Gasteiger partial charge is 0.195 e. The van der Waals surface area contributed by atoms with Gasteiger partial charge in [0, 0.05) is 12.5 Å². The predicted octanol–water partition coefficient (Wildman–Crippen LogP) is 3.79. The Bertz CT molecular complexity index is 374. The topological polar surface area (TPSA) is 33.6 Å². The van der Waals surface area contributed by atoms with Crippen molar-refractivity contribution in [1.29, 1.82) is 0 Å². The van der Waals surface area contributed by atoms with Crippen molar-refractivity contribution in [3.05, 3.63) is 10.6 Å². The number of hydrogen-bond donors (Lipinski definition) is 1. The van der Waals surface area contributed by atoms with Crippen LogP contribution in [0.5, 0.6) is 0 Å². The molecule has 4 heteroatoms. The lowest BCUT2D eigenvalue weighted by Gasteiger charge is -2.13. The summed E-state index contributed by atoms with van der Waals surface area (Å²) < 4.78 is 3.09. The molecule has 1 aliphatic rings. The molecule has 0 radical (unpaired) electrons. The standard InChI is InChI=1S/C12H21N3S/c1-2-3-4-9-11-13-14-12(16)15(11)10-7-5-6-8-10/h10H,2-9H2,1H3,(H,14,16). The van der Waals surface area contributed by atoms with Gasteiger partial charge in [-0.1, -0.05) is 32.6 Å². The molecule has 0 aromatic carbocycles. The number of nitrogens with zero attached hydrogens (tertiary/aromatic N) is 2. The molecule has 1 aliphatic carbocycles. The lowest BCUT2D eigenvalue weighted by atomic mass is 10.2. The second-order valence-electron chi connectivity index (χ2n) is 4.71. The summed E-state index contributed by atoms with van der Waals surface area (Å²) in [5, 5.41) is 7.33. The Balaban J connectivity index is 2.09. The monoisotopic (exact) mass is 239 g/mol. The third-order valence-electron chi connectivity index (χ3n) is 3.47. The lowest BCUT2D eigenvalue weighted by Crippen LogP contribution is -2.09. The Kier molecular flexibility index (Phi) is 4.16. The molecule has 0 spiro atoms. The third-order valence-corrected chi connectivity index (χ3v) is 3.76. The molecule has 1 N–H and O–H groups in total. The summed E-state index contributed by atoms with van der Waals surface area (Å²) in [6, 6.07) is 0.614. The molecule has 0 unspecified atom stereocenters. The lowest BCUT2D eigenvalue weighted by molar-refractivity contribution is 0.486. The van der Waals surface area contributed by atoms with Crippen molar-refractivity contribution in [2.24, 2.45) is 0 Å². The van der Waals surface area contributed by atoms with Crippen molar-refractivity contribution in [2.45, 2.75) is 64.3 Å². The predicted molar refractivity (Wildman–Crippen MR) is 68.1 cm³/mol. The molecular weight excluding hydrogens is 218 g/mol. The zero-order valence-electron chi connectivity index (χ0n) is 10.0. The van der Waals surface area contributed by atoms with E-state index in [2.05, 4.69) is 21.7 Å². The molecule has 1 aromatic heterocycles. The van der Waals surface area contributed by atoms with Crippen LogP contribution in [0, 0.1) is 4.77 Å². The van der Waals surface area contributed by atoms with E-state index in [9.17, 15) is 0 Å². The molecular formula is C12H21N3S. The van der Waals surface area contributed by atoms with Crippen molar-refractivity contribution in [2.75, 3.05) is 0 Å². The fourth-order valence-corrected chi connectivity index (χ4v) is 2.89. The van der Waals surface area contributed by atoms with Crippen LogP contribution in [0.4, 0.5) is 0 Å². The van der Waals surface area contributed by atoms with Gasteiger partial charge in [-0.05, 0) is 31.5 Å². The van der Waals surface area contributed by atoms with E-state index >= 15 is 0 Å². The fraction of sp³-hybridized carbons (Fsp3) is 0.833. The van der Waals surface area contributed by atoms with Crippen LogP contribution in [0.1, 0.15) is 63.7 Å². The summed E-state index contributed by atoms with van der Waals surface area (Å²) in [7, 11) is 0. The molecule has 0 saturated heterocycles. The fourth-order valence-electron chi connectivity index (χ4n) is 2.59. The van der Waals surface area contributed by atoms with Gasteiger partial charge >= 0.3 is 0 Å². The van der Waals surface area contributed by atoms with Gasteiger partial charge in [-0.3, -0.25) is 5.10 Å². The van der Waals surface area contributed by atoms with E-state index in [0.717, 1.165) is 11.2 Å². The van der Waals surface area contributed by atoms with E-state index in [1.807, 2.05) is 0 Å². The van der Waals surface area contributed by atoms with Crippen LogP contribution >= 0.6 is 12.2 Å². The van der Waals surface area contributed by atoms with Crippen molar-refractivity contribution < 1.29 is 0 Å². The highest BCUT2D eigenvalue weighted by Gasteiger charge is 2.20. The third kappa shape index (κ3) is 2.54. The molecule has 0 bridgehead atoms. The molecule has 90 valence electrons. The van der Waals surface area contributed by atoms with E-state index < -0.39 is 0 Å². The van der Waals surface area contributed by atoms with E-state index in [-0.39, 0.29) is 0 Å². The van der Waals surface area contributed by atoms with Crippen LogP contribution in [-0.2, 0) is 6.42 Å². The molecule has 1 heterocycles. The van der Waals surface area contributed by atoms with Crippen molar-refractivity contribution >= 4 is 12.2 Å². The Morgan fingerprint density at radius 2 is 2.12 bits per heavy atom. The number of rotatable bonds is 5. The second-order valence-corrected chi connectivity index (χ2v) is 5.10. The maximum Gasteiger partial charge on any atom is 0.195 e. The first-order valence-corrected chi connectivity index (χ1v) is 6.89. The van der Waals surface area contributed by atoms with E-state index in [4.69, 9.17) is 12.2 Å². The number of aryl methyl sites for hydroxylation is 1. The van der Waals surface area contributed by atoms with Crippen LogP contribution < -0.4 is 0 Å². The van der Waals surface area contributed by atoms with Crippen LogP contribution in [-0.4, -0.2) is 14.8 Å². The number of hydrogen-bond acceptors (Lipinski definition) is 2. The normalized spacial score (nSPS) is 17.1. The zero-order valence-corrected chi connectivity index (χ0v) is 10.9. The first kappa shape index (κ1) is 11.8. The van der Waals surface area contributed by atoms with Crippen LogP contribution in [0.2, 0.25) is 0 Å². The highest BCUT2D eigenvalue weighted by molar-refractivity contribution is 7.71. The van der Waals surface area contributed by atoms with Gasteiger partial charge in [-0.15, -0.1) is 0 Å². The largest absolute Gasteiger partial charge is 0.301 e. The number of aromatic amines is 1. The number of nitrogens with one attached hydrogen (secondary N) is 1. The van der Waals surface area contributed by atoms with Crippen LogP contribution in [0.3, 0.4) is 0 Å². The van der Waals surface area contributed by atoms with Gasteiger partial charge in [0.1, 0.15) is 5.82 Å². The number of aromatic nitrogens is 3. The Labute approximate surface area is 102 Å². The summed E-state index contributed by atoms with van der Waals surface area (Å²) >= 11 is 5.33. The molecule has 2 rings (SSSR count). The summed E-state index contributed by atoms with van der Waals surface area (Å²) in [4.78, 5) is 0. The van der Waals surface area contributed by atoms with Crippen molar-refractivity contribution in [1.82, 2.24) is 14.8 Å². The van der Waals surface area contributed by atoms with Crippen LogP contribution in [0.25, 0.3) is 0 Å². The quantitative estimate of drug-likeness (QED) is 0.626. The molecule has 0 amide bonds. The zero-order chi connectivity index (χ0) is 11.4. The summed E-state index contributed by atoms with van der Waals surface area (Å²) in [5.74, 6) is 1.17. The van der Waals surface area contributed by atoms with Crippen molar-refractivity contribution in [3.63, 3.8) is 0 Å². The minimum Gasteiger partial charge on any atom is -0.301 e. The number of unbranched alkanes of at least 4 members (excludes halogenated alkanes) is 2. The van der Waals surface area contributed by atoms with Gasteiger partial charge in [0.2, 0.25) is 0 Å². The Hall–Kier alpha value is -0.640. The minimum absolute atomic E-state index is 0.614. The van der Waals surface area contributed by atoms with Gasteiger partial charge in [-0.25, -0.2) is 0 Å².